The number of hydrogen-bond acceptors (Lipinski definition) is 3. The molecule has 1 heterocycles. The van der Waals surface area contributed by atoms with Gasteiger partial charge in [-0.05, 0) is 18.6 Å². The van der Waals surface area contributed by atoms with Gasteiger partial charge in [0.2, 0.25) is 0 Å². The van der Waals surface area contributed by atoms with E-state index < -0.39 is 5.97 Å². The first kappa shape index (κ1) is 9.06. The average molecular weight is 183 g/mol. The van der Waals surface area contributed by atoms with Gasteiger partial charge < -0.3 is 5.11 Å². The van der Waals surface area contributed by atoms with E-state index in [2.05, 4.69) is 17.6 Å². The van der Waals surface area contributed by atoms with Crippen molar-refractivity contribution in [2.45, 2.75) is 12.2 Å². The molecule has 1 N–H and O–H groups in total. The van der Waals surface area contributed by atoms with Crippen LogP contribution in [0.1, 0.15) is 28.1 Å². The van der Waals surface area contributed by atoms with E-state index in [0.717, 1.165) is 0 Å². The van der Waals surface area contributed by atoms with Gasteiger partial charge >= 0.3 is 5.97 Å². The van der Waals surface area contributed by atoms with Crippen LogP contribution in [0.15, 0.2) is 18.5 Å². The van der Waals surface area contributed by atoms with Gasteiger partial charge in [0.25, 0.3) is 0 Å². The highest BCUT2D eigenvalue weighted by molar-refractivity contribution is 7.80. The van der Waals surface area contributed by atoms with E-state index in [1.807, 2.05) is 6.92 Å². The molecule has 0 aliphatic heterocycles. The van der Waals surface area contributed by atoms with E-state index in [1.165, 1.54) is 6.20 Å². The molecule has 0 saturated heterocycles. The largest absolute Gasteiger partial charge is 0.478 e. The SMILES string of the molecule is CC(S)c1ccncc1C(=O)O. The third-order valence-electron chi connectivity index (χ3n) is 1.54. The van der Waals surface area contributed by atoms with Crippen LogP contribution in [0.4, 0.5) is 0 Å². The fourth-order valence-electron chi connectivity index (χ4n) is 0.948. The standard InChI is InChI=1S/C8H9NO2S/c1-5(12)6-2-3-9-4-7(6)8(10)11/h2-5,12H,1H3,(H,10,11). The van der Waals surface area contributed by atoms with Gasteiger partial charge in [-0.1, -0.05) is 0 Å². The Morgan fingerprint density at radius 1 is 1.75 bits per heavy atom. The predicted octanol–water partition coefficient (Wildman–Crippen LogP) is 1.77. The van der Waals surface area contributed by atoms with Gasteiger partial charge in [-0.25, -0.2) is 4.79 Å². The van der Waals surface area contributed by atoms with Crippen LogP contribution in [0.2, 0.25) is 0 Å². The van der Waals surface area contributed by atoms with Crippen LogP contribution in [-0.2, 0) is 0 Å². The van der Waals surface area contributed by atoms with Crippen LogP contribution >= 0.6 is 12.6 Å². The van der Waals surface area contributed by atoms with Crippen LogP contribution in [0.3, 0.4) is 0 Å². The second-order valence-corrected chi connectivity index (χ2v) is 3.22. The van der Waals surface area contributed by atoms with Gasteiger partial charge in [-0.2, -0.15) is 12.6 Å². The molecule has 1 atom stereocenters. The zero-order chi connectivity index (χ0) is 9.14. The lowest BCUT2D eigenvalue weighted by molar-refractivity contribution is 0.0695. The highest BCUT2D eigenvalue weighted by atomic mass is 32.1. The molecule has 64 valence electrons. The summed E-state index contributed by atoms with van der Waals surface area (Å²) in [4.78, 5) is 14.4. The number of pyridine rings is 1. The van der Waals surface area contributed by atoms with Crippen molar-refractivity contribution >= 4 is 18.6 Å². The van der Waals surface area contributed by atoms with Crippen LogP contribution in [-0.4, -0.2) is 16.1 Å². The van der Waals surface area contributed by atoms with Crippen LogP contribution < -0.4 is 0 Å². The number of nitrogens with zero attached hydrogens (tertiary/aromatic N) is 1. The highest BCUT2D eigenvalue weighted by Gasteiger charge is 2.11. The van der Waals surface area contributed by atoms with Gasteiger partial charge in [0.05, 0.1) is 5.56 Å². The molecular formula is C8H9NO2S. The maximum atomic E-state index is 10.7. The topological polar surface area (TPSA) is 50.2 Å². The summed E-state index contributed by atoms with van der Waals surface area (Å²) in [6, 6.07) is 1.67. The molecule has 0 aliphatic carbocycles. The molecule has 1 aromatic heterocycles. The fourth-order valence-corrected chi connectivity index (χ4v) is 1.17. The van der Waals surface area contributed by atoms with Gasteiger partial charge in [-0.3, -0.25) is 4.98 Å². The first-order valence-electron chi connectivity index (χ1n) is 3.48. The molecule has 1 aromatic rings. The van der Waals surface area contributed by atoms with Crippen molar-refractivity contribution in [3.8, 4) is 0 Å². The number of carbonyl (C=O) groups is 1. The van der Waals surface area contributed by atoms with Crippen molar-refractivity contribution in [3.63, 3.8) is 0 Å². The van der Waals surface area contributed by atoms with Crippen molar-refractivity contribution in [2.24, 2.45) is 0 Å². The normalized spacial score (nSPS) is 12.5. The number of aromatic carboxylic acids is 1. The average Bonchev–Trinajstić information content (AvgIpc) is 2.04. The summed E-state index contributed by atoms with van der Waals surface area (Å²) in [7, 11) is 0. The van der Waals surface area contributed by atoms with Crippen molar-refractivity contribution < 1.29 is 9.90 Å². The molecule has 0 aromatic carbocycles. The molecule has 0 spiro atoms. The van der Waals surface area contributed by atoms with E-state index >= 15 is 0 Å². The van der Waals surface area contributed by atoms with Gasteiger partial charge in [0.15, 0.2) is 0 Å². The first-order valence-corrected chi connectivity index (χ1v) is 4.00. The summed E-state index contributed by atoms with van der Waals surface area (Å²) in [5.41, 5.74) is 0.917. The molecule has 1 unspecified atom stereocenters. The molecule has 1 rings (SSSR count). The van der Waals surface area contributed by atoms with Crippen LogP contribution in [0.25, 0.3) is 0 Å². The van der Waals surface area contributed by atoms with Crippen molar-refractivity contribution in [2.75, 3.05) is 0 Å². The number of carboxylic acid groups (broad SMARTS) is 1. The lowest BCUT2D eigenvalue weighted by Crippen LogP contribution is -2.03. The Morgan fingerprint density at radius 2 is 2.42 bits per heavy atom. The van der Waals surface area contributed by atoms with E-state index in [1.54, 1.807) is 12.3 Å². The number of hydrogen-bond donors (Lipinski definition) is 2. The highest BCUT2D eigenvalue weighted by Crippen LogP contribution is 2.21. The zero-order valence-corrected chi connectivity index (χ0v) is 7.45. The number of thiol groups is 1. The molecule has 0 saturated carbocycles. The number of carboxylic acids is 1. The summed E-state index contributed by atoms with van der Waals surface area (Å²) in [6.07, 6.45) is 2.90. The Morgan fingerprint density at radius 3 is 2.83 bits per heavy atom. The molecule has 0 bridgehead atoms. The zero-order valence-electron chi connectivity index (χ0n) is 6.56. The summed E-state index contributed by atoms with van der Waals surface area (Å²) in [6.45, 7) is 1.82. The molecule has 0 aliphatic rings. The van der Waals surface area contributed by atoms with Crippen LogP contribution in [0.5, 0.6) is 0 Å². The van der Waals surface area contributed by atoms with Gasteiger partial charge in [-0.15, -0.1) is 0 Å². The summed E-state index contributed by atoms with van der Waals surface area (Å²) in [5.74, 6) is -0.959. The monoisotopic (exact) mass is 183 g/mol. The minimum Gasteiger partial charge on any atom is -0.478 e. The Balaban J connectivity index is 3.17. The molecule has 4 heteroatoms. The number of rotatable bonds is 2. The lowest BCUT2D eigenvalue weighted by atomic mass is 10.1. The Labute approximate surface area is 75.9 Å². The Hall–Kier alpha value is -1.03. The molecule has 12 heavy (non-hydrogen) atoms. The summed E-state index contributed by atoms with van der Waals surface area (Å²) >= 11 is 4.16. The fraction of sp³-hybridized carbons (Fsp3) is 0.250. The van der Waals surface area contributed by atoms with E-state index in [0.29, 0.717) is 5.56 Å². The lowest BCUT2D eigenvalue weighted by Gasteiger charge is -2.06. The van der Waals surface area contributed by atoms with E-state index in [4.69, 9.17) is 5.11 Å². The third kappa shape index (κ3) is 1.76. The molecule has 0 radical (unpaired) electrons. The second kappa shape index (κ2) is 3.58. The van der Waals surface area contributed by atoms with Crippen molar-refractivity contribution in [3.05, 3.63) is 29.6 Å². The maximum absolute atomic E-state index is 10.7. The van der Waals surface area contributed by atoms with E-state index in [-0.39, 0.29) is 10.8 Å². The summed E-state index contributed by atoms with van der Waals surface area (Å²) in [5, 5.41) is 8.66. The molecular weight excluding hydrogens is 174 g/mol. The minimum atomic E-state index is -0.959. The maximum Gasteiger partial charge on any atom is 0.337 e. The van der Waals surface area contributed by atoms with E-state index in [9.17, 15) is 4.79 Å². The second-order valence-electron chi connectivity index (χ2n) is 2.44. The smallest absolute Gasteiger partial charge is 0.337 e. The molecule has 0 amide bonds. The van der Waals surface area contributed by atoms with Gasteiger partial charge in [0.1, 0.15) is 0 Å². The summed E-state index contributed by atoms with van der Waals surface area (Å²) < 4.78 is 0. The molecule has 3 nitrogen and oxygen atoms in total. The quantitative estimate of drug-likeness (QED) is 0.687. The number of aromatic nitrogens is 1. The Bertz CT molecular complexity index is 299. The third-order valence-corrected chi connectivity index (χ3v) is 1.81. The first-order chi connectivity index (χ1) is 5.63. The molecule has 0 fully saturated rings. The van der Waals surface area contributed by atoms with Crippen LogP contribution in [0, 0.1) is 0 Å². The Kier molecular flexibility index (Phi) is 2.70. The van der Waals surface area contributed by atoms with Gasteiger partial charge in [0, 0.05) is 17.6 Å². The van der Waals surface area contributed by atoms with Crippen molar-refractivity contribution in [1.82, 2.24) is 4.98 Å². The minimum absolute atomic E-state index is 0.0842. The van der Waals surface area contributed by atoms with Crippen molar-refractivity contribution in [1.29, 1.82) is 0 Å². The predicted molar refractivity (Wildman–Crippen MR) is 48.6 cm³/mol.